The molecule has 1 aliphatic rings. The van der Waals surface area contributed by atoms with Gasteiger partial charge in [-0.3, -0.25) is 0 Å². The molecule has 1 atom stereocenters. The maximum Gasteiger partial charge on any atom is 0.238 e. The van der Waals surface area contributed by atoms with E-state index in [1.54, 1.807) is 24.3 Å². The van der Waals surface area contributed by atoms with Gasteiger partial charge in [0.05, 0.1) is 4.90 Å². The zero-order valence-corrected chi connectivity index (χ0v) is 13.0. The van der Waals surface area contributed by atoms with E-state index in [1.165, 1.54) is 12.1 Å². The Kier molecular flexibility index (Phi) is 3.66. The van der Waals surface area contributed by atoms with Crippen molar-refractivity contribution in [2.75, 3.05) is 4.90 Å². The molecule has 0 amide bonds. The molecule has 2 aromatic carbocycles. The number of halogens is 1. The Labute approximate surface area is 129 Å². The molecule has 0 aliphatic carbocycles. The van der Waals surface area contributed by atoms with Crippen LogP contribution in [0.4, 0.5) is 10.1 Å². The van der Waals surface area contributed by atoms with Gasteiger partial charge in [0.25, 0.3) is 0 Å². The molecular formula is C16H17FN2O2S. The van der Waals surface area contributed by atoms with Gasteiger partial charge in [0.15, 0.2) is 0 Å². The number of rotatable bonds is 3. The summed E-state index contributed by atoms with van der Waals surface area (Å²) < 4.78 is 36.7. The van der Waals surface area contributed by atoms with Gasteiger partial charge in [-0.2, -0.15) is 0 Å². The standard InChI is InChI=1S/C16H17FN2O2S/c1-11-8-13-9-14(22(18,20)21)6-7-16(13)19(11)10-12-4-2-3-5-15(12)17/h2-7,9,11H,8,10H2,1H3,(H2,18,20,21). The van der Waals surface area contributed by atoms with Crippen LogP contribution in [0.25, 0.3) is 0 Å². The van der Waals surface area contributed by atoms with Crippen molar-refractivity contribution in [1.29, 1.82) is 0 Å². The maximum atomic E-state index is 13.8. The number of nitrogens with zero attached hydrogens (tertiary/aromatic N) is 1. The van der Waals surface area contributed by atoms with Crippen LogP contribution in [0.5, 0.6) is 0 Å². The minimum atomic E-state index is -3.70. The fourth-order valence-electron chi connectivity index (χ4n) is 2.90. The third-order valence-electron chi connectivity index (χ3n) is 4.03. The van der Waals surface area contributed by atoms with Gasteiger partial charge >= 0.3 is 0 Å². The summed E-state index contributed by atoms with van der Waals surface area (Å²) in [6, 6.07) is 11.7. The molecule has 1 heterocycles. The molecule has 1 unspecified atom stereocenters. The minimum Gasteiger partial charge on any atom is -0.364 e. The van der Waals surface area contributed by atoms with E-state index in [9.17, 15) is 12.8 Å². The summed E-state index contributed by atoms with van der Waals surface area (Å²) in [4.78, 5) is 2.20. The Hall–Kier alpha value is -1.92. The van der Waals surface area contributed by atoms with Gasteiger partial charge in [0, 0.05) is 23.8 Å². The lowest BCUT2D eigenvalue weighted by Crippen LogP contribution is -2.29. The number of primary sulfonamides is 1. The first-order valence-corrected chi connectivity index (χ1v) is 8.56. The van der Waals surface area contributed by atoms with E-state index in [2.05, 4.69) is 4.90 Å². The van der Waals surface area contributed by atoms with E-state index in [-0.39, 0.29) is 16.8 Å². The lowest BCUT2D eigenvalue weighted by Gasteiger charge is -2.25. The summed E-state index contributed by atoms with van der Waals surface area (Å²) >= 11 is 0. The minimum absolute atomic E-state index is 0.117. The highest BCUT2D eigenvalue weighted by atomic mass is 32.2. The first kappa shape index (κ1) is 15.0. The van der Waals surface area contributed by atoms with Crippen LogP contribution < -0.4 is 10.0 Å². The summed E-state index contributed by atoms with van der Waals surface area (Å²) in [6.07, 6.45) is 0.715. The average Bonchev–Trinajstić information content (AvgIpc) is 2.76. The van der Waals surface area contributed by atoms with Crippen LogP contribution in [0.1, 0.15) is 18.1 Å². The van der Waals surface area contributed by atoms with Gasteiger partial charge in [-0.25, -0.2) is 17.9 Å². The van der Waals surface area contributed by atoms with E-state index in [0.29, 0.717) is 18.5 Å². The Morgan fingerprint density at radius 3 is 2.68 bits per heavy atom. The fourth-order valence-corrected chi connectivity index (χ4v) is 3.46. The van der Waals surface area contributed by atoms with Crippen molar-refractivity contribution in [3.05, 3.63) is 59.4 Å². The van der Waals surface area contributed by atoms with Gasteiger partial charge in [-0.05, 0) is 43.2 Å². The van der Waals surface area contributed by atoms with Crippen molar-refractivity contribution in [3.63, 3.8) is 0 Å². The second-order valence-corrected chi connectivity index (χ2v) is 7.17. The number of sulfonamides is 1. The van der Waals surface area contributed by atoms with E-state index < -0.39 is 10.0 Å². The van der Waals surface area contributed by atoms with Gasteiger partial charge in [0.1, 0.15) is 5.82 Å². The smallest absolute Gasteiger partial charge is 0.238 e. The maximum absolute atomic E-state index is 13.8. The van der Waals surface area contributed by atoms with Crippen molar-refractivity contribution >= 4 is 15.7 Å². The van der Waals surface area contributed by atoms with Crippen molar-refractivity contribution in [2.45, 2.75) is 30.8 Å². The molecule has 0 saturated carbocycles. The molecule has 0 fully saturated rings. The molecule has 0 spiro atoms. The monoisotopic (exact) mass is 320 g/mol. The van der Waals surface area contributed by atoms with Gasteiger partial charge in [0.2, 0.25) is 10.0 Å². The summed E-state index contributed by atoms with van der Waals surface area (Å²) in [5.74, 6) is -0.232. The summed E-state index contributed by atoms with van der Waals surface area (Å²) in [7, 11) is -3.70. The molecule has 6 heteroatoms. The molecule has 22 heavy (non-hydrogen) atoms. The second kappa shape index (κ2) is 5.37. The Morgan fingerprint density at radius 2 is 2.00 bits per heavy atom. The molecule has 0 radical (unpaired) electrons. The highest BCUT2D eigenvalue weighted by Crippen LogP contribution is 2.35. The number of hydrogen-bond donors (Lipinski definition) is 1. The molecule has 2 N–H and O–H groups in total. The third-order valence-corrected chi connectivity index (χ3v) is 4.95. The normalized spacial score (nSPS) is 17.6. The van der Waals surface area contributed by atoms with E-state index in [1.807, 2.05) is 13.0 Å². The first-order chi connectivity index (χ1) is 10.4. The molecule has 1 aliphatic heterocycles. The van der Waals surface area contributed by atoms with Gasteiger partial charge < -0.3 is 4.90 Å². The number of benzene rings is 2. The Balaban J connectivity index is 1.95. The second-order valence-electron chi connectivity index (χ2n) is 5.61. The third kappa shape index (κ3) is 2.71. The highest BCUT2D eigenvalue weighted by Gasteiger charge is 2.27. The quantitative estimate of drug-likeness (QED) is 0.944. The Morgan fingerprint density at radius 1 is 1.27 bits per heavy atom. The van der Waals surface area contributed by atoms with Crippen LogP contribution in [0.15, 0.2) is 47.4 Å². The zero-order chi connectivity index (χ0) is 15.9. The number of hydrogen-bond acceptors (Lipinski definition) is 3. The zero-order valence-electron chi connectivity index (χ0n) is 12.2. The molecule has 4 nitrogen and oxygen atoms in total. The number of anilines is 1. The lowest BCUT2D eigenvalue weighted by molar-refractivity contribution is 0.593. The molecule has 2 aromatic rings. The molecule has 0 bridgehead atoms. The van der Waals surface area contributed by atoms with Crippen LogP contribution in [0, 0.1) is 5.82 Å². The highest BCUT2D eigenvalue weighted by molar-refractivity contribution is 7.89. The van der Waals surface area contributed by atoms with E-state index in [0.717, 1.165) is 11.3 Å². The molecule has 3 rings (SSSR count). The van der Waals surface area contributed by atoms with E-state index >= 15 is 0 Å². The number of fused-ring (bicyclic) bond motifs is 1. The largest absolute Gasteiger partial charge is 0.364 e. The molecule has 116 valence electrons. The summed E-state index contributed by atoms with van der Waals surface area (Å²) in [6.45, 7) is 2.49. The first-order valence-electron chi connectivity index (χ1n) is 7.02. The van der Waals surface area contributed by atoms with Gasteiger partial charge in [-0.1, -0.05) is 18.2 Å². The van der Waals surface area contributed by atoms with Crippen molar-refractivity contribution in [1.82, 2.24) is 0 Å². The van der Waals surface area contributed by atoms with Crippen LogP contribution in [0.2, 0.25) is 0 Å². The van der Waals surface area contributed by atoms with E-state index in [4.69, 9.17) is 5.14 Å². The predicted molar refractivity (Wildman–Crippen MR) is 83.6 cm³/mol. The van der Waals surface area contributed by atoms with Crippen LogP contribution in [-0.4, -0.2) is 14.5 Å². The molecule has 0 aromatic heterocycles. The fraction of sp³-hybridized carbons (Fsp3) is 0.250. The van der Waals surface area contributed by atoms with Gasteiger partial charge in [-0.15, -0.1) is 0 Å². The topological polar surface area (TPSA) is 63.4 Å². The van der Waals surface area contributed by atoms with Crippen molar-refractivity contribution in [2.24, 2.45) is 5.14 Å². The SMILES string of the molecule is CC1Cc2cc(S(N)(=O)=O)ccc2N1Cc1ccccc1F. The van der Waals surface area contributed by atoms with Crippen molar-refractivity contribution in [3.8, 4) is 0 Å². The van der Waals surface area contributed by atoms with Crippen molar-refractivity contribution < 1.29 is 12.8 Å². The molecular weight excluding hydrogens is 303 g/mol. The average molecular weight is 320 g/mol. The lowest BCUT2D eigenvalue weighted by atomic mass is 10.1. The summed E-state index contributed by atoms with van der Waals surface area (Å²) in [5, 5.41) is 5.17. The predicted octanol–water partition coefficient (Wildman–Crippen LogP) is 2.42. The summed E-state index contributed by atoms with van der Waals surface area (Å²) in [5.41, 5.74) is 2.48. The Bertz CT molecular complexity index is 821. The van der Waals surface area contributed by atoms with Crippen LogP contribution in [-0.2, 0) is 23.0 Å². The number of nitrogens with two attached hydrogens (primary N) is 1. The molecule has 0 saturated heterocycles. The van der Waals surface area contributed by atoms with Crippen LogP contribution in [0.3, 0.4) is 0 Å². The van der Waals surface area contributed by atoms with Crippen LogP contribution >= 0.6 is 0 Å².